The average molecular weight is 653 g/mol. The van der Waals surface area contributed by atoms with Crippen LogP contribution in [0.3, 0.4) is 0 Å². The van der Waals surface area contributed by atoms with Crippen molar-refractivity contribution in [3.05, 3.63) is 70.8 Å². The van der Waals surface area contributed by atoms with E-state index in [0.717, 1.165) is 61.8 Å². The molecule has 256 valence electrons. The molecule has 0 radical (unpaired) electrons. The number of likely N-dealkylation sites (tertiary alicyclic amines) is 2. The number of likely N-dealkylation sites (N-methyl/N-ethyl adjacent to an activating group) is 2. The Balaban J connectivity index is 0.000000155. The van der Waals surface area contributed by atoms with Crippen molar-refractivity contribution in [1.82, 2.24) is 9.80 Å². The zero-order valence-electron chi connectivity index (χ0n) is 27.4. The first kappa shape index (κ1) is 33.7. The van der Waals surface area contributed by atoms with Crippen LogP contribution in [0.25, 0.3) is 0 Å². The number of benzene rings is 2. The summed E-state index contributed by atoms with van der Waals surface area (Å²) in [6.45, 7) is 2.11. The number of piperidine rings is 2. The Bertz CT molecular complexity index is 1500. The molecule has 8 N–H and O–H groups in total. The highest BCUT2D eigenvalue weighted by Gasteiger charge is 2.65. The number of ether oxygens (including phenoxy) is 4. The van der Waals surface area contributed by atoms with Crippen LogP contribution in [-0.2, 0) is 23.7 Å². The standard InChI is InChI=1S/2C18H21NO3.3H2O/c2*1-19-8-7-18-11-4-5-13(20)17(18)22-16-14(21-2)6-3-10(15(16)18)9-12(11)19;;;/h2*3-6,11-13,17,20H,7-9H2,1-2H3;3*1H2/t2*11-,12+,13-,17-,18-;;;/m00.../s1. The fourth-order valence-corrected chi connectivity index (χ4v) is 10.8. The van der Waals surface area contributed by atoms with Crippen molar-refractivity contribution < 1.29 is 45.6 Å². The molecule has 2 saturated heterocycles. The van der Waals surface area contributed by atoms with E-state index < -0.39 is 12.2 Å². The van der Waals surface area contributed by atoms with Crippen molar-refractivity contribution in [2.75, 3.05) is 41.4 Å². The highest BCUT2D eigenvalue weighted by molar-refractivity contribution is 5.63. The van der Waals surface area contributed by atoms with Crippen LogP contribution in [-0.4, -0.2) is 114 Å². The molecular weight excluding hydrogens is 604 g/mol. The van der Waals surface area contributed by atoms with Gasteiger partial charge in [0, 0.05) is 45.9 Å². The van der Waals surface area contributed by atoms with Crippen LogP contribution in [0, 0.1) is 11.8 Å². The molecule has 10 rings (SSSR count). The predicted octanol–water partition coefficient (Wildman–Crippen LogP) is 0.528. The molecule has 0 unspecified atom stereocenters. The van der Waals surface area contributed by atoms with E-state index in [0.29, 0.717) is 23.9 Å². The summed E-state index contributed by atoms with van der Waals surface area (Å²) in [4.78, 5) is 4.94. The van der Waals surface area contributed by atoms with Crippen LogP contribution in [0.1, 0.15) is 35.1 Å². The van der Waals surface area contributed by atoms with E-state index in [9.17, 15) is 10.2 Å². The number of aliphatic hydroxyl groups is 2. The Morgan fingerprint density at radius 3 is 1.45 bits per heavy atom. The maximum absolute atomic E-state index is 10.6. The minimum atomic E-state index is -0.539. The number of aliphatic hydroxyl groups excluding tert-OH is 2. The van der Waals surface area contributed by atoms with Gasteiger partial charge in [-0.3, -0.25) is 0 Å². The lowest BCUT2D eigenvalue weighted by Gasteiger charge is -2.56. The van der Waals surface area contributed by atoms with E-state index in [-0.39, 0.29) is 39.5 Å². The number of nitrogens with zero attached hydrogens (tertiary/aromatic N) is 2. The zero-order valence-corrected chi connectivity index (χ0v) is 27.4. The molecule has 2 fully saturated rings. The zero-order chi connectivity index (χ0) is 30.1. The van der Waals surface area contributed by atoms with E-state index in [1.807, 2.05) is 24.3 Å². The SMILES string of the molecule is COc1ccc2c3c1O[C@H]1[C@@H](O)C=C[C@H]4[C@@H](C2)N(C)CC[C@@]341.COc1ccc2c3c1O[C@H]1[C@@H](O)C=C[C@H]4[C@@H](C2)N(C)CC[C@@]341.O.O.O. The van der Waals surface area contributed by atoms with Gasteiger partial charge < -0.3 is 55.4 Å². The summed E-state index contributed by atoms with van der Waals surface area (Å²) in [5.41, 5.74) is 5.21. The van der Waals surface area contributed by atoms with Gasteiger partial charge in [-0.15, -0.1) is 0 Å². The molecule has 2 spiro atoms. The molecule has 11 heteroatoms. The largest absolute Gasteiger partial charge is 0.493 e. The van der Waals surface area contributed by atoms with Crippen LogP contribution in [0.5, 0.6) is 23.0 Å². The van der Waals surface area contributed by atoms with Gasteiger partial charge in [0.25, 0.3) is 0 Å². The van der Waals surface area contributed by atoms with Crippen LogP contribution in [0.4, 0.5) is 0 Å². The Labute approximate surface area is 275 Å². The number of hydrogen-bond donors (Lipinski definition) is 2. The molecule has 10 atom stereocenters. The number of rotatable bonds is 2. The first-order chi connectivity index (χ1) is 21.3. The van der Waals surface area contributed by atoms with Crippen molar-refractivity contribution in [2.24, 2.45) is 11.8 Å². The minimum absolute atomic E-state index is 0. The van der Waals surface area contributed by atoms with Crippen molar-refractivity contribution >= 4 is 0 Å². The lowest BCUT2D eigenvalue weighted by atomic mass is 9.53. The van der Waals surface area contributed by atoms with Crippen LogP contribution in [0.15, 0.2) is 48.6 Å². The third-order valence-corrected chi connectivity index (χ3v) is 12.7. The Morgan fingerprint density at radius 2 is 1.06 bits per heavy atom. The normalized spacial score (nSPS) is 38.4. The lowest BCUT2D eigenvalue weighted by Crippen LogP contribution is -2.64. The Morgan fingerprint density at radius 1 is 0.660 bits per heavy atom. The van der Waals surface area contributed by atoms with Gasteiger partial charge in [-0.2, -0.15) is 0 Å². The van der Waals surface area contributed by atoms with E-state index in [4.69, 9.17) is 18.9 Å². The van der Waals surface area contributed by atoms with Gasteiger partial charge in [-0.1, -0.05) is 36.4 Å². The van der Waals surface area contributed by atoms with Crippen LogP contribution >= 0.6 is 0 Å². The lowest BCUT2D eigenvalue weighted by molar-refractivity contribution is -0.0453. The second-order valence-electron chi connectivity index (χ2n) is 14.2. The fourth-order valence-electron chi connectivity index (χ4n) is 10.8. The number of hydrogen-bond acceptors (Lipinski definition) is 8. The monoisotopic (exact) mass is 652 g/mol. The summed E-state index contributed by atoms with van der Waals surface area (Å²) >= 11 is 0. The molecule has 0 amide bonds. The summed E-state index contributed by atoms with van der Waals surface area (Å²) in [5, 5.41) is 21.1. The average Bonchev–Trinajstić information content (AvgIpc) is 3.57. The van der Waals surface area contributed by atoms with Crippen molar-refractivity contribution in [3.8, 4) is 23.0 Å². The first-order valence-electron chi connectivity index (χ1n) is 16.2. The molecule has 4 bridgehead atoms. The van der Waals surface area contributed by atoms with E-state index in [2.05, 4.69) is 48.2 Å². The first-order valence-corrected chi connectivity index (χ1v) is 16.2. The molecule has 0 saturated carbocycles. The molecule has 4 aliphatic carbocycles. The van der Waals surface area contributed by atoms with E-state index >= 15 is 0 Å². The van der Waals surface area contributed by atoms with Crippen LogP contribution in [0.2, 0.25) is 0 Å². The molecule has 2 aromatic carbocycles. The molecule has 0 aromatic heterocycles. The van der Waals surface area contributed by atoms with Gasteiger partial charge in [0.1, 0.15) is 24.4 Å². The van der Waals surface area contributed by atoms with Crippen molar-refractivity contribution in [2.45, 2.75) is 73.0 Å². The van der Waals surface area contributed by atoms with Gasteiger partial charge in [0.05, 0.1) is 14.2 Å². The van der Waals surface area contributed by atoms with Gasteiger partial charge in [-0.25, -0.2) is 0 Å². The summed E-state index contributed by atoms with van der Waals surface area (Å²) in [6, 6.07) is 9.40. The third kappa shape index (κ3) is 4.05. The predicted molar refractivity (Wildman–Crippen MR) is 176 cm³/mol. The Kier molecular flexibility index (Phi) is 8.24. The molecular formula is C36H48N2O9. The third-order valence-electron chi connectivity index (χ3n) is 12.7. The smallest absolute Gasteiger partial charge is 0.165 e. The van der Waals surface area contributed by atoms with Gasteiger partial charge in [0.2, 0.25) is 0 Å². The van der Waals surface area contributed by atoms with Gasteiger partial charge in [-0.05, 0) is 76.1 Å². The molecule has 8 aliphatic rings. The summed E-state index contributed by atoms with van der Waals surface area (Å²) in [6.07, 6.45) is 11.1. The molecule has 11 nitrogen and oxygen atoms in total. The molecule has 47 heavy (non-hydrogen) atoms. The van der Waals surface area contributed by atoms with E-state index in [1.54, 1.807) is 14.2 Å². The second-order valence-corrected chi connectivity index (χ2v) is 14.2. The Hall–Kier alpha value is -3.16. The molecule has 2 aromatic rings. The summed E-state index contributed by atoms with van der Waals surface area (Å²) in [5.74, 6) is 4.18. The molecule has 4 heterocycles. The van der Waals surface area contributed by atoms with Crippen molar-refractivity contribution in [1.29, 1.82) is 0 Å². The molecule has 4 aliphatic heterocycles. The fraction of sp³-hybridized carbons (Fsp3) is 0.556. The van der Waals surface area contributed by atoms with E-state index in [1.165, 1.54) is 22.3 Å². The maximum atomic E-state index is 10.6. The number of methoxy groups -OCH3 is 2. The van der Waals surface area contributed by atoms with Gasteiger partial charge >= 0.3 is 0 Å². The van der Waals surface area contributed by atoms with Gasteiger partial charge in [0.15, 0.2) is 23.0 Å². The summed E-state index contributed by atoms with van der Waals surface area (Å²) < 4.78 is 23.7. The maximum Gasteiger partial charge on any atom is 0.165 e. The van der Waals surface area contributed by atoms with Crippen molar-refractivity contribution in [3.63, 3.8) is 0 Å². The minimum Gasteiger partial charge on any atom is -0.493 e. The quantitative estimate of drug-likeness (QED) is 0.441. The second kappa shape index (κ2) is 11.5. The highest BCUT2D eigenvalue weighted by atomic mass is 16.5. The topological polar surface area (TPSA) is 178 Å². The summed E-state index contributed by atoms with van der Waals surface area (Å²) in [7, 11) is 7.81. The van der Waals surface area contributed by atoms with Crippen LogP contribution < -0.4 is 18.9 Å². The highest BCUT2D eigenvalue weighted by Crippen LogP contribution is 2.64.